The zero-order valence-corrected chi connectivity index (χ0v) is 12.7. The van der Waals surface area contributed by atoms with E-state index in [0.29, 0.717) is 13.1 Å². The predicted octanol–water partition coefficient (Wildman–Crippen LogP) is 2.22. The first-order valence-corrected chi connectivity index (χ1v) is 8.05. The molecular formula is C18H22N2O2. The lowest BCUT2D eigenvalue weighted by molar-refractivity contribution is -0.127. The average Bonchev–Trinajstić information content (AvgIpc) is 3.39. The van der Waals surface area contributed by atoms with E-state index >= 15 is 0 Å². The highest BCUT2D eigenvalue weighted by molar-refractivity contribution is 5.91. The summed E-state index contributed by atoms with van der Waals surface area (Å²) < 4.78 is 0. The number of nitrogens with one attached hydrogen (secondary N) is 1. The van der Waals surface area contributed by atoms with Gasteiger partial charge in [0.1, 0.15) is 0 Å². The van der Waals surface area contributed by atoms with Crippen LogP contribution in [0.3, 0.4) is 0 Å². The lowest BCUT2D eigenvalue weighted by Gasteiger charge is -2.31. The second-order valence-corrected chi connectivity index (χ2v) is 6.13. The topological polar surface area (TPSA) is 49.4 Å². The molecule has 1 saturated heterocycles. The van der Waals surface area contributed by atoms with Crippen LogP contribution in [0.2, 0.25) is 0 Å². The van der Waals surface area contributed by atoms with Crippen LogP contribution < -0.4 is 5.32 Å². The van der Waals surface area contributed by atoms with Gasteiger partial charge in [-0.15, -0.1) is 0 Å². The van der Waals surface area contributed by atoms with Gasteiger partial charge in [0.2, 0.25) is 11.8 Å². The number of benzene rings is 1. The summed E-state index contributed by atoms with van der Waals surface area (Å²) in [5.41, 5.74) is 1.03. The van der Waals surface area contributed by atoms with E-state index in [0.717, 1.165) is 31.2 Å². The van der Waals surface area contributed by atoms with E-state index in [1.807, 2.05) is 41.3 Å². The maximum atomic E-state index is 12.2. The molecule has 2 aliphatic rings. The molecule has 3 rings (SSSR count). The Labute approximate surface area is 131 Å². The molecule has 0 aromatic heterocycles. The van der Waals surface area contributed by atoms with Crippen molar-refractivity contribution in [3.05, 3.63) is 42.0 Å². The van der Waals surface area contributed by atoms with Crippen molar-refractivity contribution in [2.45, 2.75) is 31.7 Å². The maximum absolute atomic E-state index is 12.2. The summed E-state index contributed by atoms with van der Waals surface area (Å²) in [6.07, 6.45) is 7.26. The standard InChI is InChI=1S/C18H22N2O2/c21-17(9-6-14-4-2-1-3-5-14)20-12-10-16(11-13-20)19-18(22)15-7-8-15/h1-6,9,15-16H,7-8,10-13H2,(H,19,22)/b9-6+. The van der Waals surface area contributed by atoms with Crippen LogP contribution in [0.4, 0.5) is 0 Å². The number of carbonyl (C=O) groups is 2. The van der Waals surface area contributed by atoms with Crippen molar-refractivity contribution in [1.29, 1.82) is 0 Å². The molecule has 1 aromatic carbocycles. The quantitative estimate of drug-likeness (QED) is 0.867. The molecule has 0 bridgehead atoms. The lowest BCUT2D eigenvalue weighted by Crippen LogP contribution is -2.46. The van der Waals surface area contributed by atoms with Gasteiger partial charge in [0, 0.05) is 31.1 Å². The summed E-state index contributed by atoms with van der Waals surface area (Å²) in [6, 6.07) is 10.1. The largest absolute Gasteiger partial charge is 0.353 e. The second kappa shape index (κ2) is 6.77. The van der Waals surface area contributed by atoms with Crippen molar-refractivity contribution in [3.63, 3.8) is 0 Å². The summed E-state index contributed by atoms with van der Waals surface area (Å²) in [5.74, 6) is 0.512. The molecule has 1 heterocycles. The molecule has 2 amide bonds. The van der Waals surface area contributed by atoms with Crippen molar-refractivity contribution in [1.82, 2.24) is 10.2 Å². The monoisotopic (exact) mass is 298 g/mol. The molecule has 22 heavy (non-hydrogen) atoms. The molecule has 1 aromatic rings. The van der Waals surface area contributed by atoms with Gasteiger partial charge in [-0.25, -0.2) is 0 Å². The van der Waals surface area contributed by atoms with E-state index in [2.05, 4.69) is 5.32 Å². The highest BCUT2D eigenvalue weighted by Crippen LogP contribution is 2.29. The smallest absolute Gasteiger partial charge is 0.246 e. The molecule has 4 heteroatoms. The van der Waals surface area contributed by atoms with Crippen LogP contribution in [-0.4, -0.2) is 35.8 Å². The SMILES string of the molecule is O=C(NC1CCN(C(=O)/C=C/c2ccccc2)CC1)C1CC1. The van der Waals surface area contributed by atoms with Gasteiger partial charge < -0.3 is 10.2 Å². The van der Waals surface area contributed by atoms with Crippen molar-refractivity contribution in [3.8, 4) is 0 Å². The summed E-state index contributed by atoms with van der Waals surface area (Å²) in [6.45, 7) is 1.43. The molecule has 1 aliphatic heterocycles. The summed E-state index contributed by atoms with van der Waals surface area (Å²) in [4.78, 5) is 25.8. The minimum atomic E-state index is 0.0517. The lowest BCUT2D eigenvalue weighted by atomic mass is 10.0. The van der Waals surface area contributed by atoms with Crippen LogP contribution in [-0.2, 0) is 9.59 Å². The normalized spacial score (nSPS) is 19.4. The van der Waals surface area contributed by atoms with E-state index in [9.17, 15) is 9.59 Å². The molecule has 0 radical (unpaired) electrons. The van der Waals surface area contributed by atoms with Crippen LogP contribution in [0.5, 0.6) is 0 Å². The van der Waals surface area contributed by atoms with E-state index in [1.54, 1.807) is 6.08 Å². The molecule has 0 spiro atoms. The third kappa shape index (κ3) is 3.97. The van der Waals surface area contributed by atoms with Crippen molar-refractivity contribution in [2.75, 3.05) is 13.1 Å². The zero-order chi connectivity index (χ0) is 15.4. The Morgan fingerprint density at radius 3 is 2.36 bits per heavy atom. The third-order valence-electron chi connectivity index (χ3n) is 4.32. The molecule has 1 saturated carbocycles. The van der Waals surface area contributed by atoms with Crippen molar-refractivity contribution in [2.24, 2.45) is 5.92 Å². The summed E-state index contributed by atoms with van der Waals surface area (Å²) in [5, 5.41) is 3.10. The molecule has 0 unspecified atom stereocenters. The molecule has 4 nitrogen and oxygen atoms in total. The fraction of sp³-hybridized carbons (Fsp3) is 0.444. The first-order chi connectivity index (χ1) is 10.7. The fourth-order valence-corrected chi connectivity index (χ4v) is 2.75. The van der Waals surface area contributed by atoms with E-state index < -0.39 is 0 Å². The van der Waals surface area contributed by atoms with Crippen LogP contribution in [0.1, 0.15) is 31.2 Å². The highest BCUT2D eigenvalue weighted by atomic mass is 16.2. The number of carbonyl (C=O) groups excluding carboxylic acids is 2. The highest BCUT2D eigenvalue weighted by Gasteiger charge is 2.32. The Kier molecular flexibility index (Phi) is 4.56. The molecular weight excluding hydrogens is 276 g/mol. The first kappa shape index (κ1) is 14.8. The average molecular weight is 298 g/mol. The van der Waals surface area contributed by atoms with Gasteiger partial charge in [-0.1, -0.05) is 30.3 Å². The zero-order valence-electron chi connectivity index (χ0n) is 12.7. The Hall–Kier alpha value is -2.10. The number of piperidine rings is 1. The molecule has 1 N–H and O–H groups in total. The van der Waals surface area contributed by atoms with Gasteiger partial charge in [0.05, 0.1) is 0 Å². The summed E-state index contributed by atoms with van der Waals surface area (Å²) in [7, 11) is 0. The number of rotatable bonds is 4. The van der Waals surface area contributed by atoms with Gasteiger partial charge in [0.25, 0.3) is 0 Å². The number of hydrogen-bond acceptors (Lipinski definition) is 2. The number of amides is 2. The van der Waals surface area contributed by atoms with Crippen LogP contribution in [0.25, 0.3) is 6.08 Å². The minimum absolute atomic E-state index is 0.0517. The fourth-order valence-electron chi connectivity index (χ4n) is 2.75. The van der Waals surface area contributed by atoms with Crippen molar-refractivity contribution >= 4 is 17.9 Å². The molecule has 0 atom stereocenters. The summed E-state index contributed by atoms with van der Waals surface area (Å²) >= 11 is 0. The predicted molar refractivity (Wildman–Crippen MR) is 85.9 cm³/mol. The number of nitrogens with zero attached hydrogens (tertiary/aromatic N) is 1. The number of hydrogen-bond donors (Lipinski definition) is 1. The van der Waals surface area contributed by atoms with E-state index in [4.69, 9.17) is 0 Å². The molecule has 2 fully saturated rings. The van der Waals surface area contributed by atoms with Gasteiger partial charge in [-0.05, 0) is 37.3 Å². The first-order valence-electron chi connectivity index (χ1n) is 8.05. The molecule has 116 valence electrons. The van der Waals surface area contributed by atoms with Gasteiger partial charge in [0.15, 0.2) is 0 Å². The number of likely N-dealkylation sites (tertiary alicyclic amines) is 1. The molecule has 1 aliphatic carbocycles. The van der Waals surface area contributed by atoms with Gasteiger partial charge in [-0.3, -0.25) is 9.59 Å². The van der Waals surface area contributed by atoms with Gasteiger partial charge >= 0.3 is 0 Å². The van der Waals surface area contributed by atoms with Crippen LogP contribution >= 0.6 is 0 Å². The van der Waals surface area contributed by atoms with Crippen LogP contribution in [0.15, 0.2) is 36.4 Å². The van der Waals surface area contributed by atoms with Crippen molar-refractivity contribution < 1.29 is 9.59 Å². The Bertz CT molecular complexity index is 556. The Morgan fingerprint density at radius 2 is 1.73 bits per heavy atom. The Balaban J connectivity index is 1.45. The van der Waals surface area contributed by atoms with Crippen LogP contribution in [0, 0.1) is 5.92 Å². The van der Waals surface area contributed by atoms with Gasteiger partial charge in [-0.2, -0.15) is 0 Å². The Morgan fingerprint density at radius 1 is 1.05 bits per heavy atom. The van der Waals surface area contributed by atoms with E-state index in [1.165, 1.54) is 0 Å². The van der Waals surface area contributed by atoms with E-state index in [-0.39, 0.29) is 23.8 Å². The maximum Gasteiger partial charge on any atom is 0.246 e. The minimum Gasteiger partial charge on any atom is -0.353 e. The second-order valence-electron chi connectivity index (χ2n) is 6.13. The third-order valence-corrected chi connectivity index (χ3v) is 4.32.